The minimum Gasteiger partial charge on any atom is -0.335 e. The molecule has 0 heterocycles. The van der Waals surface area contributed by atoms with E-state index in [2.05, 4.69) is 20.4 Å². The van der Waals surface area contributed by atoms with Crippen LogP contribution in [0.1, 0.15) is 19.4 Å². The molecule has 0 N–H and O–H groups in total. The van der Waals surface area contributed by atoms with Crippen molar-refractivity contribution in [1.29, 1.82) is 0 Å². The molecule has 0 radical (unpaired) electrons. The quantitative estimate of drug-likeness (QED) is 0.694. The Balaban J connectivity index is 2.70. The first kappa shape index (κ1) is 12.5. The molecule has 1 aromatic carbocycles. The van der Waals surface area contributed by atoms with Gasteiger partial charge in [0.25, 0.3) is 0 Å². The standard InChI is InChI=1S/C14H19NO/c1-4-14(16)15(10-12(2)3)11-13-8-6-5-7-9-13/h4-9,12H,1,10-11H2,2-3H3. The maximum absolute atomic E-state index is 11.7. The molecule has 0 atom stereocenters. The predicted molar refractivity (Wildman–Crippen MR) is 66.9 cm³/mol. The van der Waals surface area contributed by atoms with Gasteiger partial charge in [-0.1, -0.05) is 50.8 Å². The Morgan fingerprint density at radius 1 is 1.38 bits per heavy atom. The van der Waals surface area contributed by atoms with Crippen LogP contribution in [0.3, 0.4) is 0 Å². The number of amides is 1. The molecule has 2 nitrogen and oxygen atoms in total. The van der Waals surface area contributed by atoms with Crippen molar-refractivity contribution in [2.75, 3.05) is 6.54 Å². The van der Waals surface area contributed by atoms with Crippen molar-refractivity contribution >= 4 is 5.91 Å². The second kappa shape index (κ2) is 6.11. The molecular formula is C14H19NO. The number of carbonyl (C=O) groups is 1. The lowest BCUT2D eigenvalue weighted by Gasteiger charge is -2.23. The largest absolute Gasteiger partial charge is 0.335 e. The van der Waals surface area contributed by atoms with Crippen LogP contribution in [0.2, 0.25) is 0 Å². The molecule has 0 aliphatic rings. The smallest absolute Gasteiger partial charge is 0.246 e. The lowest BCUT2D eigenvalue weighted by molar-refractivity contribution is -0.127. The molecule has 0 saturated heterocycles. The lowest BCUT2D eigenvalue weighted by atomic mass is 10.1. The molecule has 1 amide bonds. The summed E-state index contributed by atoms with van der Waals surface area (Å²) in [5, 5.41) is 0. The molecule has 16 heavy (non-hydrogen) atoms. The van der Waals surface area contributed by atoms with E-state index in [4.69, 9.17) is 0 Å². The first-order valence-electron chi connectivity index (χ1n) is 5.58. The van der Waals surface area contributed by atoms with Crippen LogP contribution in [-0.4, -0.2) is 17.4 Å². The third-order valence-electron chi connectivity index (χ3n) is 2.29. The molecule has 0 aliphatic carbocycles. The highest BCUT2D eigenvalue weighted by atomic mass is 16.2. The third-order valence-corrected chi connectivity index (χ3v) is 2.29. The summed E-state index contributed by atoms with van der Waals surface area (Å²) >= 11 is 0. The average Bonchev–Trinajstić information content (AvgIpc) is 2.28. The van der Waals surface area contributed by atoms with Gasteiger partial charge in [0.05, 0.1) is 0 Å². The van der Waals surface area contributed by atoms with E-state index in [1.54, 1.807) is 0 Å². The van der Waals surface area contributed by atoms with Crippen LogP contribution >= 0.6 is 0 Å². The fraction of sp³-hybridized carbons (Fsp3) is 0.357. The summed E-state index contributed by atoms with van der Waals surface area (Å²) in [6, 6.07) is 10.0. The monoisotopic (exact) mass is 217 g/mol. The Kier molecular flexibility index (Phi) is 4.77. The second-order valence-electron chi connectivity index (χ2n) is 4.30. The summed E-state index contributed by atoms with van der Waals surface area (Å²) in [6.07, 6.45) is 1.38. The van der Waals surface area contributed by atoms with Crippen LogP contribution in [-0.2, 0) is 11.3 Å². The Morgan fingerprint density at radius 3 is 2.50 bits per heavy atom. The molecule has 0 fully saturated rings. The van der Waals surface area contributed by atoms with Gasteiger partial charge in [-0.05, 0) is 17.6 Å². The number of hydrogen-bond donors (Lipinski definition) is 0. The molecule has 0 saturated carbocycles. The summed E-state index contributed by atoms with van der Waals surface area (Å²) in [4.78, 5) is 13.5. The van der Waals surface area contributed by atoms with Gasteiger partial charge < -0.3 is 4.90 Å². The molecule has 0 spiro atoms. The molecule has 1 rings (SSSR count). The normalized spacial score (nSPS) is 10.2. The van der Waals surface area contributed by atoms with Crippen molar-refractivity contribution in [3.8, 4) is 0 Å². The van der Waals surface area contributed by atoms with Crippen LogP contribution in [0.25, 0.3) is 0 Å². The van der Waals surface area contributed by atoms with E-state index in [1.807, 2.05) is 35.2 Å². The molecule has 1 aromatic rings. The van der Waals surface area contributed by atoms with Gasteiger partial charge >= 0.3 is 0 Å². The van der Waals surface area contributed by atoms with Crippen LogP contribution < -0.4 is 0 Å². The van der Waals surface area contributed by atoms with Gasteiger partial charge in [-0.25, -0.2) is 0 Å². The lowest BCUT2D eigenvalue weighted by Crippen LogP contribution is -2.32. The van der Waals surface area contributed by atoms with E-state index in [-0.39, 0.29) is 5.91 Å². The fourth-order valence-electron chi connectivity index (χ4n) is 1.61. The maximum Gasteiger partial charge on any atom is 0.246 e. The maximum atomic E-state index is 11.7. The van der Waals surface area contributed by atoms with Gasteiger partial charge in [-0.2, -0.15) is 0 Å². The number of benzene rings is 1. The summed E-state index contributed by atoms with van der Waals surface area (Å²) in [7, 11) is 0. The third kappa shape index (κ3) is 3.89. The van der Waals surface area contributed by atoms with E-state index in [9.17, 15) is 4.79 Å². The van der Waals surface area contributed by atoms with Crippen LogP contribution in [0.5, 0.6) is 0 Å². The van der Waals surface area contributed by atoms with E-state index in [1.165, 1.54) is 6.08 Å². The Hall–Kier alpha value is -1.57. The van der Waals surface area contributed by atoms with E-state index < -0.39 is 0 Å². The molecular weight excluding hydrogens is 198 g/mol. The average molecular weight is 217 g/mol. The fourth-order valence-corrected chi connectivity index (χ4v) is 1.61. The van der Waals surface area contributed by atoms with Crippen molar-refractivity contribution < 1.29 is 4.79 Å². The minimum atomic E-state index is -0.00227. The van der Waals surface area contributed by atoms with Gasteiger partial charge in [-0.3, -0.25) is 4.79 Å². The van der Waals surface area contributed by atoms with E-state index >= 15 is 0 Å². The Bertz CT molecular complexity index is 343. The van der Waals surface area contributed by atoms with E-state index in [0.29, 0.717) is 12.5 Å². The molecule has 86 valence electrons. The van der Waals surface area contributed by atoms with E-state index in [0.717, 1.165) is 12.1 Å². The SMILES string of the molecule is C=CC(=O)N(Cc1ccccc1)CC(C)C. The topological polar surface area (TPSA) is 20.3 Å². The van der Waals surface area contributed by atoms with Gasteiger partial charge in [0, 0.05) is 13.1 Å². The summed E-state index contributed by atoms with van der Waals surface area (Å²) in [6.45, 7) is 9.17. The van der Waals surface area contributed by atoms with Crippen molar-refractivity contribution in [2.24, 2.45) is 5.92 Å². The minimum absolute atomic E-state index is 0.00227. The van der Waals surface area contributed by atoms with Crippen LogP contribution in [0.15, 0.2) is 43.0 Å². The molecule has 0 bridgehead atoms. The Morgan fingerprint density at radius 2 is 2.00 bits per heavy atom. The van der Waals surface area contributed by atoms with Crippen LogP contribution in [0.4, 0.5) is 0 Å². The summed E-state index contributed by atoms with van der Waals surface area (Å²) in [5.41, 5.74) is 1.15. The molecule has 2 heteroatoms. The molecule has 0 aliphatic heterocycles. The first-order chi connectivity index (χ1) is 7.63. The number of nitrogens with zero attached hydrogens (tertiary/aromatic N) is 1. The summed E-state index contributed by atoms with van der Waals surface area (Å²) < 4.78 is 0. The highest BCUT2D eigenvalue weighted by Crippen LogP contribution is 2.07. The zero-order chi connectivity index (χ0) is 12.0. The predicted octanol–water partition coefficient (Wildman–Crippen LogP) is 2.86. The highest BCUT2D eigenvalue weighted by molar-refractivity contribution is 5.86. The Labute approximate surface area is 97.6 Å². The van der Waals surface area contributed by atoms with Crippen molar-refractivity contribution in [3.05, 3.63) is 48.6 Å². The summed E-state index contributed by atoms with van der Waals surface area (Å²) in [5.74, 6) is 0.463. The van der Waals surface area contributed by atoms with Crippen molar-refractivity contribution in [1.82, 2.24) is 4.90 Å². The number of rotatable bonds is 5. The highest BCUT2D eigenvalue weighted by Gasteiger charge is 2.11. The first-order valence-corrected chi connectivity index (χ1v) is 5.58. The van der Waals surface area contributed by atoms with Gasteiger partial charge in [0.2, 0.25) is 5.91 Å². The molecule has 0 unspecified atom stereocenters. The van der Waals surface area contributed by atoms with Crippen LogP contribution in [0, 0.1) is 5.92 Å². The van der Waals surface area contributed by atoms with Gasteiger partial charge in [-0.15, -0.1) is 0 Å². The zero-order valence-electron chi connectivity index (χ0n) is 10.0. The van der Waals surface area contributed by atoms with Gasteiger partial charge in [0.15, 0.2) is 0 Å². The van der Waals surface area contributed by atoms with Crippen molar-refractivity contribution in [3.63, 3.8) is 0 Å². The van der Waals surface area contributed by atoms with Crippen molar-refractivity contribution in [2.45, 2.75) is 20.4 Å². The van der Waals surface area contributed by atoms with Gasteiger partial charge in [0.1, 0.15) is 0 Å². The number of hydrogen-bond acceptors (Lipinski definition) is 1. The zero-order valence-corrected chi connectivity index (χ0v) is 10.0. The molecule has 0 aromatic heterocycles. The number of carbonyl (C=O) groups excluding carboxylic acids is 1. The second-order valence-corrected chi connectivity index (χ2v) is 4.30.